The van der Waals surface area contributed by atoms with Crippen LogP contribution in [-0.4, -0.2) is 34.6 Å². The van der Waals surface area contributed by atoms with E-state index in [1.54, 1.807) is 0 Å². The lowest BCUT2D eigenvalue weighted by molar-refractivity contribution is -0.165. The lowest BCUT2D eigenvalue weighted by Crippen LogP contribution is -2.67. The van der Waals surface area contributed by atoms with Crippen molar-refractivity contribution in [2.75, 3.05) is 13.1 Å². The zero-order chi connectivity index (χ0) is 12.8. The van der Waals surface area contributed by atoms with Gasteiger partial charge in [0.25, 0.3) is 0 Å². The standard InChI is InChI=1S/C15H25NO2/c1-14(13(17)18,12-6-7-12)16-10-15(11-16)8-4-2-3-5-9-15/h12H,2-11H2,1H3,(H,17,18). The van der Waals surface area contributed by atoms with E-state index in [2.05, 4.69) is 4.90 Å². The molecule has 2 aliphatic carbocycles. The number of hydrogen-bond acceptors (Lipinski definition) is 2. The number of carboxylic acid groups (broad SMARTS) is 1. The maximum absolute atomic E-state index is 11.6. The predicted molar refractivity (Wildman–Crippen MR) is 70.5 cm³/mol. The Kier molecular flexibility index (Phi) is 2.92. The zero-order valence-electron chi connectivity index (χ0n) is 11.5. The van der Waals surface area contributed by atoms with Crippen molar-refractivity contribution in [1.29, 1.82) is 0 Å². The quantitative estimate of drug-likeness (QED) is 0.838. The monoisotopic (exact) mass is 251 g/mol. The van der Waals surface area contributed by atoms with Gasteiger partial charge in [0.2, 0.25) is 0 Å². The smallest absolute Gasteiger partial charge is 0.324 e. The molecule has 0 aromatic heterocycles. The Morgan fingerprint density at radius 3 is 2.17 bits per heavy atom. The second kappa shape index (κ2) is 4.22. The highest BCUT2D eigenvalue weighted by atomic mass is 16.4. The minimum Gasteiger partial charge on any atom is -0.480 e. The van der Waals surface area contributed by atoms with Crippen LogP contribution in [0.4, 0.5) is 0 Å². The van der Waals surface area contributed by atoms with Crippen molar-refractivity contribution < 1.29 is 9.90 Å². The predicted octanol–water partition coefficient (Wildman–Crippen LogP) is 2.90. The molecular formula is C15H25NO2. The normalized spacial score (nSPS) is 31.4. The van der Waals surface area contributed by atoms with Crippen LogP contribution in [0, 0.1) is 11.3 Å². The lowest BCUT2D eigenvalue weighted by Gasteiger charge is -2.56. The first-order valence-electron chi connectivity index (χ1n) is 7.55. The molecule has 0 radical (unpaired) electrons. The third-order valence-electron chi connectivity index (χ3n) is 5.68. The van der Waals surface area contributed by atoms with E-state index in [1.165, 1.54) is 38.5 Å². The van der Waals surface area contributed by atoms with E-state index in [1.807, 2.05) is 6.92 Å². The Morgan fingerprint density at radius 2 is 1.72 bits per heavy atom. The first-order valence-corrected chi connectivity index (χ1v) is 7.55. The fourth-order valence-corrected chi connectivity index (χ4v) is 4.10. The van der Waals surface area contributed by atoms with Gasteiger partial charge in [0.1, 0.15) is 5.54 Å². The number of nitrogens with zero attached hydrogens (tertiary/aromatic N) is 1. The molecule has 0 bridgehead atoms. The Labute approximate surface area is 110 Å². The Hall–Kier alpha value is -0.570. The van der Waals surface area contributed by atoms with E-state index < -0.39 is 11.5 Å². The molecule has 1 N–H and O–H groups in total. The van der Waals surface area contributed by atoms with Crippen LogP contribution in [-0.2, 0) is 4.79 Å². The number of carbonyl (C=O) groups is 1. The molecule has 1 heterocycles. The van der Waals surface area contributed by atoms with E-state index in [-0.39, 0.29) is 0 Å². The van der Waals surface area contributed by atoms with Gasteiger partial charge in [-0.2, -0.15) is 0 Å². The highest BCUT2D eigenvalue weighted by molar-refractivity contribution is 5.79. The van der Waals surface area contributed by atoms with Gasteiger partial charge in [0, 0.05) is 13.1 Å². The number of carboxylic acids is 1. The van der Waals surface area contributed by atoms with E-state index >= 15 is 0 Å². The van der Waals surface area contributed by atoms with Crippen LogP contribution in [0.5, 0.6) is 0 Å². The van der Waals surface area contributed by atoms with Crippen LogP contribution in [0.3, 0.4) is 0 Å². The van der Waals surface area contributed by atoms with Gasteiger partial charge in [-0.25, -0.2) is 0 Å². The van der Waals surface area contributed by atoms with Crippen LogP contribution < -0.4 is 0 Å². The van der Waals surface area contributed by atoms with Crippen molar-refractivity contribution in [2.24, 2.45) is 11.3 Å². The molecule has 3 fully saturated rings. The van der Waals surface area contributed by atoms with E-state index in [0.717, 1.165) is 25.9 Å². The van der Waals surface area contributed by atoms with Crippen molar-refractivity contribution in [1.82, 2.24) is 4.90 Å². The van der Waals surface area contributed by atoms with Crippen LogP contribution in [0.1, 0.15) is 58.3 Å². The molecule has 1 unspecified atom stereocenters. The summed E-state index contributed by atoms with van der Waals surface area (Å²) in [6.07, 6.45) is 10.3. The highest BCUT2D eigenvalue weighted by Gasteiger charge is 2.58. The molecule has 0 amide bonds. The maximum atomic E-state index is 11.6. The summed E-state index contributed by atoms with van der Waals surface area (Å²) >= 11 is 0. The van der Waals surface area contributed by atoms with Gasteiger partial charge in [0.15, 0.2) is 0 Å². The number of aliphatic carboxylic acids is 1. The van der Waals surface area contributed by atoms with Crippen molar-refractivity contribution in [3.63, 3.8) is 0 Å². The lowest BCUT2D eigenvalue weighted by atomic mass is 9.70. The van der Waals surface area contributed by atoms with Gasteiger partial charge in [-0.05, 0) is 43.9 Å². The van der Waals surface area contributed by atoms with Crippen molar-refractivity contribution in [3.05, 3.63) is 0 Å². The molecule has 1 saturated heterocycles. The summed E-state index contributed by atoms with van der Waals surface area (Å²) in [5, 5.41) is 9.58. The fraction of sp³-hybridized carbons (Fsp3) is 0.933. The van der Waals surface area contributed by atoms with E-state index in [9.17, 15) is 9.90 Å². The fourth-order valence-electron chi connectivity index (χ4n) is 4.10. The summed E-state index contributed by atoms with van der Waals surface area (Å²) in [5.41, 5.74) is -0.0976. The molecule has 1 spiro atoms. The van der Waals surface area contributed by atoms with Gasteiger partial charge in [-0.1, -0.05) is 25.7 Å². The summed E-state index contributed by atoms with van der Waals surface area (Å²) < 4.78 is 0. The summed E-state index contributed by atoms with van der Waals surface area (Å²) in [6, 6.07) is 0. The van der Waals surface area contributed by atoms with Gasteiger partial charge in [-0.3, -0.25) is 9.69 Å². The average Bonchev–Trinajstić information content (AvgIpc) is 3.11. The molecule has 1 aliphatic heterocycles. The van der Waals surface area contributed by atoms with Gasteiger partial charge < -0.3 is 5.11 Å². The maximum Gasteiger partial charge on any atom is 0.324 e. The summed E-state index contributed by atoms with van der Waals surface area (Å²) in [4.78, 5) is 13.9. The molecule has 3 rings (SSSR count). The first-order chi connectivity index (χ1) is 8.57. The van der Waals surface area contributed by atoms with E-state index in [4.69, 9.17) is 0 Å². The molecule has 0 aromatic carbocycles. The molecule has 18 heavy (non-hydrogen) atoms. The summed E-state index contributed by atoms with van der Waals surface area (Å²) in [6.45, 7) is 4.02. The molecule has 3 heteroatoms. The van der Waals surface area contributed by atoms with Crippen molar-refractivity contribution >= 4 is 5.97 Å². The van der Waals surface area contributed by atoms with Crippen molar-refractivity contribution in [2.45, 2.75) is 63.8 Å². The highest BCUT2D eigenvalue weighted by Crippen LogP contribution is 2.51. The van der Waals surface area contributed by atoms with Crippen LogP contribution in [0.15, 0.2) is 0 Å². The average molecular weight is 251 g/mol. The van der Waals surface area contributed by atoms with Crippen LogP contribution in [0.2, 0.25) is 0 Å². The Bertz CT molecular complexity index is 334. The van der Waals surface area contributed by atoms with Gasteiger partial charge in [0.05, 0.1) is 0 Å². The Morgan fingerprint density at radius 1 is 1.17 bits per heavy atom. The molecule has 1 atom stereocenters. The van der Waals surface area contributed by atoms with Gasteiger partial charge >= 0.3 is 5.97 Å². The van der Waals surface area contributed by atoms with Gasteiger partial charge in [-0.15, -0.1) is 0 Å². The second-order valence-corrected chi connectivity index (χ2v) is 7.00. The molecule has 2 saturated carbocycles. The topological polar surface area (TPSA) is 40.5 Å². The number of hydrogen-bond donors (Lipinski definition) is 1. The minimum atomic E-state index is -0.603. The zero-order valence-corrected chi connectivity index (χ0v) is 11.5. The molecule has 3 nitrogen and oxygen atoms in total. The molecular weight excluding hydrogens is 226 g/mol. The SMILES string of the molecule is CC(C(=O)O)(C1CC1)N1CC2(CCCCCC2)C1. The third kappa shape index (κ3) is 1.87. The van der Waals surface area contributed by atoms with Crippen LogP contribution >= 0.6 is 0 Å². The number of likely N-dealkylation sites (tertiary alicyclic amines) is 1. The summed E-state index contributed by atoms with van der Waals surface area (Å²) in [5.74, 6) is -0.202. The molecule has 3 aliphatic rings. The minimum absolute atomic E-state index is 0.401. The number of rotatable bonds is 3. The summed E-state index contributed by atoms with van der Waals surface area (Å²) in [7, 11) is 0. The van der Waals surface area contributed by atoms with E-state index in [0.29, 0.717) is 11.3 Å². The van der Waals surface area contributed by atoms with Crippen molar-refractivity contribution in [3.8, 4) is 0 Å². The van der Waals surface area contributed by atoms with Crippen LogP contribution in [0.25, 0.3) is 0 Å². The largest absolute Gasteiger partial charge is 0.480 e. The Balaban J connectivity index is 1.67. The first kappa shape index (κ1) is 12.5. The molecule has 0 aromatic rings. The molecule has 102 valence electrons. The second-order valence-electron chi connectivity index (χ2n) is 7.00. The third-order valence-corrected chi connectivity index (χ3v) is 5.68.